The van der Waals surface area contributed by atoms with Gasteiger partial charge in [0, 0.05) is 17.4 Å². The second kappa shape index (κ2) is 7.56. The molecule has 0 saturated carbocycles. The summed E-state index contributed by atoms with van der Waals surface area (Å²) in [5.41, 5.74) is 5.14. The van der Waals surface area contributed by atoms with Crippen LogP contribution in [0.15, 0.2) is 57.7 Å². The Morgan fingerprint density at radius 2 is 1.92 bits per heavy atom. The van der Waals surface area contributed by atoms with E-state index in [2.05, 4.69) is 52.8 Å². The van der Waals surface area contributed by atoms with Crippen molar-refractivity contribution in [2.45, 2.75) is 61.3 Å². The molecule has 0 saturated heterocycles. The molecule has 2 aliphatic carbocycles. The van der Waals surface area contributed by atoms with Crippen molar-refractivity contribution in [2.75, 3.05) is 13.2 Å². The van der Waals surface area contributed by atoms with Crippen LogP contribution in [-0.4, -0.2) is 18.3 Å². The third-order valence-electron chi connectivity index (χ3n) is 5.23. The minimum absolute atomic E-state index is 0.00126. The quantitative estimate of drug-likeness (QED) is 0.635. The van der Waals surface area contributed by atoms with E-state index in [-0.39, 0.29) is 10.8 Å². The lowest BCUT2D eigenvalue weighted by molar-refractivity contribution is 0.236. The Kier molecular flexibility index (Phi) is 6.02. The summed E-state index contributed by atoms with van der Waals surface area (Å²) < 4.78 is 20.3. The number of allylic oxidation sites excluding steroid dienone is 8. The first kappa shape index (κ1) is 20.7. The van der Waals surface area contributed by atoms with E-state index in [1.165, 1.54) is 16.7 Å². The van der Waals surface area contributed by atoms with Gasteiger partial charge in [-0.05, 0) is 47.1 Å². The zero-order valence-electron chi connectivity index (χ0n) is 17.3. The highest BCUT2D eigenvalue weighted by Crippen LogP contribution is 2.50. The normalized spacial score (nSPS) is 20.7. The summed E-state index contributed by atoms with van der Waals surface area (Å²) in [5, 5.41) is 9.34. The molecule has 0 heterocycles. The van der Waals surface area contributed by atoms with Crippen molar-refractivity contribution in [3.8, 4) is 0 Å². The summed E-state index contributed by atoms with van der Waals surface area (Å²) >= 11 is 0. The topological polar surface area (TPSA) is 29.5 Å². The average molecular weight is 361 g/mol. The Morgan fingerprint density at radius 1 is 1.27 bits per heavy atom. The third kappa shape index (κ3) is 3.88. The maximum absolute atomic E-state index is 14.4. The van der Waals surface area contributed by atoms with Crippen LogP contribution < -0.4 is 0 Å². The second-order valence-electron chi connectivity index (χ2n) is 8.60. The molecule has 1 N–H and O–H groups in total. The highest BCUT2D eigenvalue weighted by atomic mass is 19.1. The SMILES string of the molecule is CCOC1=C(/C(CC)=C(/F)CO)CC2=C(C(C)(C)C)C=CC(C)(C)C2=C1. The fourth-order valence-electron chi connectivity index (χ4n) is 3.87. The lowest BCUT2D eigenvalue weighted by Crippen LogP contribution is -2.25. The molecule has 0 fully saturated rings. The number of hydrogen-bond donors (Lipinski definition) is 1. The first-order valence-corrected chi connectivity index (χ1v) is 9.56. The fourth-order valence-corrected chi connectivity index (χ4v) is 3.87. The first-order valence-electron chi connectivity index (χ1n) is 9.56. The fraction of sp³-hybridized carbons (Fsp3) is 0.565. The second-order valence-corrected chi connectivity index (χ2v) is 8.60. The van der Waals surface area contributed by atoms with E-state index >= 15 is 0 Å². The van der Waals surface area contributed by atoms with Gasteiger partial charge in [-0.3, -0.25) is 0 Å². The molecule has 2 rings (SSSR count). The monoisotopic (exact) mass is 360 g/mol. The number of aliphatic hydroxyl groups is 1. The summed E-state index contributed by atoms with van der Waals surface area (Å²) in [6, 6.07) is 0. The smallest absolute Gasteiger partial charge is 0.129 e. The number of aliphatic hydroxyl groups excluding tert-OH is 1. The van der Waals surface area contributed by atoms with Crippen LogP contribution in [-0.2, 0) is 4.74 Å². The highest BCUT2D eigenvalue weighted by Gasteiger charge is 2.36. The lowest BCUT2D eigenvalue weighted by Gasteiger charge is -2.39. The number of rotatable bonds is 5. The van der Waals surface area contributed by atoms with Crippen LogP contribution >= 0.6 is 0 Å². The first-order chi connectivity index (χ1) is 12.1. The van der Waals surface area contributed by atoms with E-state index in [1.807, 2.05) is 13.8 Å². The lowest BCUT2D eigenvalue weighted by atomic mass is 9.66. The van der Waals surface area contributed by atoms with E-state index in [0.717, 1.165) is 11.3 Å². The van der Waals surface area contributed by atoms with Crippen molar-refractivity contribution in [3.05, 3.63) is 57.7 Å². The van der Waals surface area contributed by atoms with Gasteiger partial charge in [-0.2, -0.15) is 0 Å². The zero-order chi connectivity index (χ0) is 19.7. The van der Waals surface area contributed by atoms with Crippen LogP contribution in [0, 0.1) is 10.8 Å². The highest BCUT2D eigenvalue weighted by molar-refractivity contribution is 5.60. The van der Waals surface area contributed by atoms with Crippen molar-refractivity contribution >= 4 is 0 Å². The van der Waals surface area contributed by atoms with Gasteiger partial charge in [0.05, 0.1) is 13.2 Å². The Morgan fingerprint density at radius 3 is 2.42 bits per heavy atom. The molecule has 0 aromatic rings. The molecular formula is C23H33FO2. The maximum atomic E-state index is 14.4. The van der Waals surface area contributed by atoms with Gasteiger partial charge in [-0.1, -0.05) is 53.7 Å². The maximum Gasteiger partial charge on any atom is 0.129 e. The van der Waals surface area contributed by atoms with Crippen molar-refractivity contribution in [1.82, 2.24) is 0 Å². The molecule has 0 spiro atoms. The molecule has 26 heavy (non-hydrogen) atoms. The zero-order valence-corrected chi connectivity index (χ0v) is 17.3. The van der Waals surface area contributed by atoms with Gasteiger partial charge in [-0.15, -0.1) is 0 Å². The molecule has 0 unspecified atom stereocenters. The van der Waals surface area contributed by atoms with Crippen LogP contribution in [0.25, 0.3) is 0 Å². The molecule has 3 heteroatoms. The number of ether oxygens (including phenoxy) is 1. The molecule has 0 radical (unpaired) electrons. The minimum atomic E-state index is -0.570. The van der Waals surface area contributed by atoms with Crippen molar-refractivity contribution in [3.63, 3.8) is 0 Å². The van der Waals surface area contributed by atoms with Gasteiger partial charge < -0.3 is 9.84 Å². The molecule has 2 aliphatic rings. The Hall–Kier alpha value is -1.61. The molecule has 0 aliphatic heterocycles. The third-order valence-corrected chi connectivity index (χ3v) is 5.23. The largest absolute Gasteiger partial charge is 0.494 e. The molecule has 0 amide bonds. The van der Waals surface area contributed by atoms with Crippen molar-refractivity contribution in [2.24, 2.45) is 10.8 Å². The van der Waals surface area contributed by atoms with Crippen LogP contribution in [0.1, 0.15) is 61.3 Å². The molecule has 2 nitrogen and oxygen atoms in total. The number of fused-ring (bicyclic) bond motifs is 1. The summed E-state index contributed by atoms with van der Waals surface area (Å²) in [7, 11) is 0. The van der Waals surface area contributed by atoms with Crippen LogP contribution in [0.4, 0.5) is 4.39 Å². The predicted octanol–water partition coefficient (Wildman–Crippen LogP) is 6.17. The van der Waals surface area contributed by atoms with Crippen molar-refractivity contribution < 1.29 is 14.2 Å². The van der Waals surface area contributed by atoms with Gasteiger partial charge >= 0.3 is 0 Å². The van der Waals surface area contributed by atoms with Gasteiger partial charge in [0.1, 0.15) is 11.6 Å². The Balaban J connectivity index is 2.75. The molecule has 144 valence electrons. The summed E-state index contributed by atoms with van der Waals surface area (Å²) in [5.74, 6) is 0.281. The van der Waals surface area contributed by atoms with Crippen LogP contribution in [0.3, 0.4) is 0 Å². The van der Waals surface area contributed by atoms with Gasteiger partial charge in [0.15, 0.2) is 0 Å². The molecule has 0 aromatic carbocycles. The van der Waals surface area contributed by atoms with Gasteiger partial charge in [-0.25, -0.2) is 4.39 Å². The Labute approximate surface area is 157 Å². The molecule has 0 bridgehead atoms. The Bertz CT molecular complexity index is 722. The number of halogens is 1. The van der Waals surface area contributed by atoms with E-state index in [1.54, 1.807) is 0 Å². The van der Waals surface area contributed by atoms with E-state index in [0.29, 0.717) is 25.0 Å². The molecule has 0 aromatic heterocycles. The van der Waals surface area contributed by atoms with Gasteiger partial charge in [0.25, 0.3) is 0 Å². The minimum Gasteiger partial charge on any atom is -0.494 e. The van der Waals surface area contributed by atoms with E-state index in [9.17, 15) is 9.50 Å². The van der Waals surface area contributed by atoms with E-state index in [4.69, 9.17) is 4.74 Å². The summed E-state index contributed by atoms with van der Waals surface area (Å²) in [6.07, 6.45) is 7.74. The average Bonchev–Trinajstić information content (AvgIpc) is 2.55. The molecule has 0 atom stereocenters. The standard InChI is InChI=1S/C23H33FO2/c1-8-15(20(24)14-25)16-12-17-18(22(3,4)5)10-11-23(6,7)19(17)13-21(16)26-9-2/h10-11,13,25H,8-9,12,14H2,1-7H3/b20-15+. The van der Waals surface area contributed by atoms with Crippen LogP contribution in [0.5, 0.6) is 0 Å². The summed E-state index contributed by atoms with van der Waals surface area (Å²) in [6.45, 7) is 14.9. The summed E-state index contributed by atoms with van der Waals surface area (Å²) in [4.78, 5) is 0. The predicted molar refractivity (Wildman–Crippen MR) is 106 cm³/mol. The molecular weight excluding hydrogens is 327 g/mol. The number of hydrogen-bond acceptors (Lipinski definition) is 2. The van der Waals surface area contributed by atoms with Gasteiger partial charge in [0.2, 0.25) is 0 Å². The van der Waals surface area contributed by atoms with Crippen LogP contribution in [0.2, 0.25) is 0 Å². The van der Waals surface area contributed by atoms with E-state index < -0.39 is 12.4 Å². The van der Waals surface area contributed by atoms with Crippen molar-refractivity contribution in [1.29, 1.82) is 0 Å².